The number of amides is 1. The highest BCUT2D eigenvalue weighted by Crippen LogP contribution is 2.36. The van der Waals surface area contributed by atoms with Crippen molar-refractivity contribution in [3.05, 3.63) is 42.0 Å². The Hall–Kier alpha value is -3.42. The first-order chi connectivity index (χ1) is 11.6. The van der Waals surface area contributed by atoms with Gasteiger partial charge in [0.2, 0.25) is 11.9 Å². The Morgan fingerprint density at radius 3 is 2.67 bits per heavy atom. The predicted octanol–water partition coefficient (Wildman–Crippen LogP) is 1.09. The molecular formula is C16H14N2O6. The lowest BCUT2D eigenvalue weighted by Gasteiger charge is -2.24. The number of nitrogens with one attached hydrogen (secondary N) is 1. The summed E-state index contributed by atoms with van der Waals surface area (Å²) >= 11 is 0. The maximum atomic E-state index is 12.0. The van der Waals surface area contributed by atoms with E-state index in [1.165, 1.54) is 12.1 Å². The first kappa shape index (κ1) is 15.5. The quantitative estimate of drug-likeness (QED) is 0.380. The molecule has 24 heavy (non-hydrogen) atoms. The van der Waals surface area contributed by atoms with Gasteiger partial charge in [-0.3, -0.25) is 4.79 Å². The van der Waals surface area contributed by atoms with Gasteiger partial charge in [-0.05, 0) is 24.3 Å². The van der Waals surface area contributed by atoms with Crippen molar-refractivity contribution in [2.45, 2.75) is 6.10 Å². The highest BCUT2D eigenvalue weighted by atomic mass is 16.6. The standard InChI is InChI=1S/C16H14N2O6/c19-10-6-5-9(14(20)15(10)21)7-17-18-16(22)13-8-23-11-3-1-2-4-12(11)24-13/h1-7,13,19-21H,8H2,(H,18,22). The van der Waals surface area contributed by atoms with E-state index in [2.05, 4.69) is 10.5 Å². The molecule has 0 bridgehead atoms. The zero-order valence-corrected chi connectivity index (χ0v) is 12.3. The molecular weight excluding hydrogens is 316 g/mol. The number of para-hydroxylation sites is 2. The van der Waals surface area contributed by atoms with Crippen LogP contribution in [0.3, 0.4) is 0 Å². The molecule has 1 unspecified atom stereocenters. The summed E-state index contributed by atoms with van der Waals surface area (Å²) in [5.41, 5.74) is 2.39. The number of phenols is 3. The molecule has 3 rings (SSSR count). The van der Waals surface area contributed by atoms with Gasteiger partial charge in [-0.25, -0.2) is 5.43 Å². The minimum absolute atomic E-state index is 0.0453. The second-order valence-corrected chi connectivity index (χ2v) is 4.97. The molecule has 2 aromatic carbocycles. The summed E-state index contributed by atoms with van der Waals surface area (Å²) in [7, 11) is 0. The lowest BCUT2D eigenvalue weighted by Crippen LogP contribution is -2.42. The predicted molar refractivity (Wildman–Crippen MR) is 83.5 cm³/mol. The van der Waals surface area contributed by atoms with Gasteiger partial charge in [-0.1, -0.05) is 12.1 Å². The molecule has 1 heterocycles. The van der Waals surface area contributed by atoms with E-state index in [0.717, 1.165) is 6.21 Å². The highest BCUT2D eigenvalue weighted by molar-refractivity contribution is 5.88. The van der Waals surface area contributed by atoms with Gasteiger partial charge in [0.1, 0.15) is 6.61 Å². The number of carbonyl (C=O) groups excluding carboxylic acids is 1. The molecule has 8 heteroatoms. The number of nitrogens with zero attached hydrogens (tertiary/aromatic N) is 1. The average molecular weight is 330 g/mol. The third-order valence-electron chi connectivity index (χ3n) is 3.34. The fraction of sp³-hybridized carbons (Fsp3) is 0.125. The second-order valence-electron chi connectivity index (χ2n) is 4.97. The number of benzene rings is 2. The SMILES string of the molecule is O=C(NN=Cc1ccc(O)c(O)c1O)C1COc2ccccc2O1. The van der Waals surface area contributed by atoms with E-state index in [-0.39, 0.29) is 12.2 Å². The summed E-state index contributed by atoms with van der Waals surface area (Å²) in [6, 6.07) is 9.51. The van der Waals surface area contributed by atoms with Gasteiger partial charge in [0.15, 0.2) is 23.0 Å². The summed E-state index contributed by atoms with van der Waals surface area (Å²) in [5, 5.41) is 32.0. The van der Waals surface area contributed by atoms with Crippen LogP contribution in [0.5, 0.6) is 28.7 Å². The van der Waals surface area contributed by atoms with Crippen molar-refractivity contribution in [3.8, 4) is 28.7 Å². The molecule has 0 saturated carbocycles. The zero-order valence-electron chi connectivity index (χ0n) is 12.3. The Kier molecular flexibility index (Phi) is 4.11. The summed E-state index contributed by atoms with van der Waals surface area (Å²) in [6.45, 7) is 0.0453. The summed E-state index contributed by atoms with van der Waals surface area (Å²) < 4.78 is 11.0. The third-order valence-corrected chi connectivity index (χ3v) is 3.34. The number of phenolic OH excluding ortho intramolecular Hbond substituents is 3. The van der Waals surface area contributed by atoms with Crippen molar-refractivity contribution < 1.29 is 29.6 Å². The molecule has 124 valence electrons. The Labute approximate surface area is 136 Å². The monoisotopic (exact) mass is 330 g/mol. The van der Waals surface area contributed by atoms with Crippen molar-refractivity contribution in [1.29, 1.82) is 0 Å². The number of hydrogen-bond donors (Lipinski definition) is 4. The topological polar surface area (TPSA) is 121 Å². The molecule has 0 aliphatic carbocycles. The molecule has 0 aromatic heterocycles. The summed E-state index contributed by atoms with van der Waals surface area (Å²) in [4.78, 5) is 12.0. The largest absolute Gasteiger partial charge is 0.504 e. The van der Waals surface area contributed by atoms with Gasteiger partial charge in [0, 0.05) is 5.56 Å². The summed E-state index contributed by atoms with van der Waals surface area (Å²) in [6.07, 6.45) is 0.267. The molecule has 1 atom stereocenters. The van der Waals surface area contributed by atoms with E-state index < -0.39 is 29.3 Å². The second kappa shape index (κ2) is 6.37. The fourth-order valence-corrected chi connectivity index (χ4v) is 2.07. The van der Waals surface area contributed by atoms with Crippen LogP contribution < -0.4 is 14.9 Å². The lowest BCUT2D eigenvalue weighted by molar-refractivity contribution is -0.130. The Morgan fingerprint density at radius 2 is 1.88 bits per heavy atom. The van der Waals surface area contributed by atoms with E-state index >= 15 is 0 Å². The minimum atomic E-state index is -0.862. The first-order valence-electron chi connectivity index (χ1n) is 7.01. The van der Waals surface area contributed by atoms with Gasteiger partial charge in [-0.15, -0.1) is 0 Å². The molecule has 0 saturated heterocycles. The van der Waals surface area contributed by atoms with Gasteiger partial charge in [0.05, 0.1) is 6.21 Å². The van der Waals surface area contributed by atoms with E-state index in [1.54, 1.807) is 24.3 Å². The molecule has 2 aromatic rings. The van der Waals surface area contributed by atoms with Crippen LogP contribution in [0.25, 0.3) is 0 Å². The average Bonchev–Trinajstić information content (AvgIpc) is 2.61. The van der Waals surface area contributed by atoms with Crippen LogP contribution in [0.15, 0.2) is 41.5 Å². The van der Waals surface area contributed by atoms with Crippen molar-refractivity contribution in [2.75, 3.05) is 6.61 Å². The van der Waals surface area contributed by atoms with E-state index in [9.17, 15) is 20.1 Å². The van der Waals surface area contributed by atoms with Crippen LogP contribution in [-0.4, -0.2) is 40.2 Å². The van der Waals surface area contributed by atoms with E-state index in [0.29, 0.717) is 11.5 Å². The number of rotatable bonds is 3. The maximum absolute atomic E-state index is 12.0. The molecule has 1 aliphatic rings. The molecule has 0 fully saturated rings. The maximum Gasteiger partial charge on any atom is 0.284 e. The van der Waals surface area contributed by atoms with Gasteiger partial charge >= 0.3 is 0 Å². The number of aromatic hydroxyl groups is 3. The Bertz CT molecular complexity index is 805. The van der Waals surface area contributed by atoms with Crippen molar-refractivity contribution in [3.63, 3.8) is 0 Å². The van der Waals surface area contributed by atoms with Crippen LogP contribution in [-0.2, 0) is 4.79 Å². The molecule has 4 N–H and O–H groups in total. The minimum Gasteiger partial charge on any atom is -0.504 e. The Morgan fingerprint density at radius 1 is 1.12 bits per heavy atom. The van der Waals surface area contributed by atoms with Crippen LogP contribution in [0.2, 0.25) is 0 Å². The van der Waals surface area contributed by atoms with Gasteiger partial charge < -0.3 is 24.8 Å². The van der Waals surface area contributed by atoms with Gasteiger partial charge in [0.25, 0.3) is 5.91 Å². The molecule has 0 radical (unpaired) electrons. The third kappa shape index (κ3) is 3.02. The molecule has 8 nitrogen and oxygen atoms in total. The van der Waals surface area contributed by atoms with Gasteiger partial charge in [-0.2, -0.15) is 5.10 Å². The highest BCUT2D eigenvalue weighted by Gasteiger charge is 2.27. The summed E-state index contributed by atoms with van der Waals surface area (Å²) in [5.74, 6) is -1.16. The van der Waals surface area contributed by atoms with E-state index in [1.807, 2.05) is 0 Å². The van der Waals surface area contributed by atoms with Crippen LogP contribution in [0.4, 0.5) is 0 Å². The van der Waals surface area contributed by atoms with Crippen molar-refractivity contribution in [2.24, 2.45) is 5.10 Å². The first-order valence-corrected chi connectivity index (χ1v) is 7.01. The van der Waals surface area contributed by atoms with Crippen LogP contribution in [0.1, 0.15) is 5.56 Å². The normalized spacial score (nSPS) is 16.1. The smallest absolute Gasteiger partial charge is 0.284 e. The lowest BCUT2D eigenvalue weighted by atomic mass is 10.2. The fourth-order valence-electron chi connectivity index (χ4n) is 2.07. The van der Waals surface area contributed by atoms with Crippen LogP contribution >= 0.6 is 0 Å². The van der Waals surface area contributed by atoms with E-state index in [4.69, 9.17) is 9.47 Å². The molecule has 0 spiro atoms. The number of ether oxygens (including phenoxy) is 2. The number of fused-ring (bicyclic) bond motifs is 1. The number of hydrazone groups is 1. The van der Waals surface area contributed by atoms with Crippen molar-refractivity contribution in [1.82, 2.24) is 5.43 Å². The number of hydrogen-bond acceptors (Lipinski definition) is 7. The molecule has 1 amide bonds. The van der Waals surface area contributed by atoms with Crippen LogP contribution in [0, 0.1) is 0 Å². The van der Waals surface area contributed by atoms with Crippen molar-refractivity contribution >= 4 is 12.1 Å². The molecule has 1 aliphatic heterocycles. The number of carbonyl (C=O) groups is 1. The zero-order chi connectivity index (χ0) is 17.1. The Balaban J connectivity index is 1.63.